The molecular formula is C44H37Cl2F3N8O9. The summed E-state index contributed by atoms with van der Waals surface area (Å²) < 4.78 is 61.7. The lowest BCUT2D eigenvalue weighted by Crippen LogP contribution is -2.53. The molecule has 342 valence electrons. The lowest BCUT2D eigenvalue weighted by Gasteiger charge is -2.49. The molecule has 0 bridgehead atoms. The van der Waals surface area contributed by atoms with Crippen LogP contribution in [0.15, 0.2) is 92.9 Å². The highest BCUT2D eigenvalue weighted by Gasteiger charge is 2.69. The van der Waals surface area contributed by atoms with Crippen molar-refractivity contribution in [3.63, 3.8) is 0 Å². The van der Waals surface area contributed by atoms with E-state index in [1.54, 1.807) is 43.5 Å². The molecular weight excluding hydrogens is 912 g/mol. The van der Waals surface area contributed by atoms with Crippen molar-refractivity contribution < 1.29 is 42.1 Å². The summed E-state index contributed by atoms with van der Waals surface area (Å²) in [5.74, 6) is -4.10. The quantitative estimate of drug-likeness (QED) is 0.132. The zero-order valence-electron chi connectivity index (χ0n) is 35.2. The number of fused-ring (bicyclic) bond motifs is 5. The number of alkyl halides is 3. The zero-order valence-corrected chi connectivity index (χ0v) is 36.7. The number of anilines is 1. The standard InChI is InChI=1S/C44H37Cl2F3N8O9/c1-53-31-19-35(66-4)34(65-3)18-29(31)51-28(39(53)60)12-13-54-41(62)55-14-11-25-30(57(55)42(54)63)17-26-38(59)56(52-37-27(46)16-23(20-50-37)44(47,48)49)40(61)43(26,22-6-8-24(45)9-7-22)36(25)21-5-10-33(64-2)32(58)15-21/h5-11,15-16,18-20,26,30,36,58H,12-14,17H2,1-4H3,(H,50,52)/t26-,30+,36-,43+/m0/s1. The number of aromatic hydroxyl groups is 1. The minimum absolute atomic E-state index is 0.0617. The minimum Gasteiger partial charge on any atom is -0.504 e. The molecule has 4 atom stereocenters. The fourth-order valence-corrected chi connectivity index (χ4v) is 9.97. The van der Waals surface area contributed by atoms with E-state index >= 15 is 4.79 Å². The fraction of sp³-hybridized carbons (Fsp3) is 0.295. The molecule has 3 aromatic carbocycles. The van der Waals surface area contributed by atoms with Crippen molar-refractivity contribution in [3.8, 4) is 23.0 Å². The Hall–Kier alpha value is -7.06. The second-order valence-corrected chi connectivity index (χ2v) is 16.7. The number of phenols is 1. The van der Waals surface area contributed by atoms with Crippen LogP contribution < -0.4 is 36.6 Å². The third kappa shape index (κ3) is 6.71. The van der Waals surface area contributed by atoms with Crippen molar-refractivity contribution in [2.24, 2.45) is 13.0 Å². The first-order chi connectivity index (χ1) is 31.4. The van der Waals surface area contributed by atoms with Gasteiger partial charge in [0.1, 0.15) is 5.69 Å². The maximum absolute atomic E-state index is 15.4. The summed E-state index contributed by atoms with van der Waals surface area (Å²) in [5.41, 5.74) is -0.456. The van der Waals surface area contributed by atoms with Crippen molar-refractivity contribution in [2.45, 2.75) is 49.5 Å². The van der Waals surface area contributed by atoms with Crippen LogP contribution in [0.5, 0.6) is 23.0 Å². The Bertz CT molecular complexity index is 3240. The number of aryl methyl sites for hydroxylation is 2. The number of imide groups is 1. The van der Waals surface area contributed by atoms with Crippen LogP contribution in [-0.4, -0.2) is 71.7 Å². The minimum atomic E-state index is -4.80. The van der Waals surface area contributed by atoms with E-state index in [1.807, 2.05) is 0 Å². The number of aromatic nitrogens is 6. The van der Waals surface area contributed by atoms with Crippen LogP contribution in [0.3, 0.4) is 0 Å². The topological polar surface area (TPSA) is 194 Å². The first-order valence-electron chi connectivity index (χ1n) is 20.2. The first-order valence-corrected chi connectivity index (χ1v) is 20.9. The number of carbonyl (C=O) groups excluding carboxylic acids is 2. The molecule has 0 unspecified atom stereocenters. The third-order valence-corrected chi connectivity index (χ3v) is 13.2. The van der Waals surface area contributed by atoms with Gasteiger partial charge in [0.2, 0.25) is 0 Å². The third-order valence-electron chi connectivity index (χ3n) is 12.7. The Morgan fingerprint density at radius 1 is 0.909 bits per heavy atom. The van der Waals surface area contributed by atoms with Gasteiger partial charge in [-0.2, -0.15) is 18.2 Å². The molecule has 2 amide bonds. The molecule has 3 aliphatic rings. The van der Waals surface area contributed by atoms with Gasteiger partial charge in [-0.1, -0.05) is 47.5 Å². The molecule has 3 aromatic heterocycles. The van der Waals surface area contributed by atoms with Crippen LogP contribution in [0.4, 0.5) is 19.0 Å². The number of ether oxygens (including phenoxy) is 3. The summed E-state index contributed by atoms with van der Waals surface area (Å²) >= 11 is 12.6. The molecule has 17 nitrogen and oxygen atoms in total. The first kappa shape index (κ1) is 44.2. The van der Waals surface area contributed by atoms with Gasteiger partial charge in [-0.25, -0.2) is 33.5 Å². The normalized spacial score (nSPS) is 20.2. The molecule has 6 aromatic rings. The van der Waals surface area contributed by atoms with Crippen LogP contribution in [0, 0.1) is 5.92 Å². The van der Waals surface area contributed by atoms with Gasteiger partial charge in [-0.05, 0) is 53.5 Å². The molecule has 5 heterocycles. The van der Waals surface area contributed by atoms with Crippen LogP contribution in [0.25, 0.3) is 11.0 Å². The molecule has 9 rings (SSSR count). The van der Waals surface area contributed by atoms with E-state index < -0.39 is 74.6 Å². The Balaban J connectivity index is 1.17. The number of hydrazine groups is 1. The second-order valence-electron chi connectivity index (χ2n) is 15.9. The summed E-state index contributed by atoms with van der Waals surface area (Å²) in [6.07, 6.45) is -2.98. The highest BCUT2D eigenvalue weighted by Crippen LogP contribution is 2.62. The number of amides is 2. The van der Waals surface area contributed by atoms with Gasteiger partial charge >= 0.3 is 17.6 Å². The Morgan fingerprint density at radius 2 is 1.61 bits per heavy atom. The summed E-state index contributed by atoms with van der Waals surface area (Å²) in [7, 11) is 5.82. The van der Waals surface area contributed by atoms with Crippen LogP contribution in [0.2, 0.25) is 10.0 Å². The van der Waals surface area contributed by atoms with Crippen molar-refractivity contribution in [1.82, 2.24) is 33.5 Å². The van der Waals surface area contributed by atoms with Gasteiger partial charge in [0, 0.05) is 49.3 Å². The molecule has 2 aliphatic heterocycles. The van der Waals surface area contributed by atoms with Crippen molar-refractivity contribution in [3.05, 3.63) is 142 Å². The van der Waals surface area contributed by atoms with Crippen LogP contribution in [0.1, 0.15) is 40.8 Å². The van der Waals surface area contributed by atoms with Gasteiger partial charge in [0.25, 0.3) is 17.4 Å². The summed E-state index contributed by atoms with van der Waals surface area (Å²) in [6, 6.07) is 13.4. The molecule has 1 saturated carbocycles. The summed E-state index contributed by atoms with van der Waals surface area (Å²) in [5, 5.41) is 11.6. The number of nitrogens with zero attached hydrogens (tertiary/aromatic N) is 7. The van der Waals surface area contributed by atoms with E-state index in [-0.39, 0.29) is 43.1 Å². The van der Waals surface area contributed by atoms with Gasteiger partial charge in [0.15, 0.2) is 28.8 Å². The zero-order chi connectivity index (χ0) is 47.1. The molecule has 2 N–H and O–H groups in total. The van der Waals surface area contributed by atoms with E-state index in [4.69, 9.17) is 37.4 Å². The summed E-state index contributed by atoms with van der Waals surface area (Å²) in [6.45, 7) is -0.433. The van der Waals surface area contributed by atoms with Gasteiger partial charge in [-0.15, -0.1) is 0 Å². The lowest BCUT2D eigenvalue weighted by molar-refractivity contribution is -0.139. The van der Waals surface area contributed by atoms with E-state index in [1.165, 1.54) is 59.5 Å². The number of phenolic OH excluding ortho intramolecular Hbond substituents is 1. The number of benzene rings is 3. The summed E-state index contributed by atoms with van der Waals surface area (Å²) in [4.78, 5) is 81.2. The lowest BCUT2D eigenvalue weighted by atomic mass is 9.53. The van der Waals surface area contributed by atoms with Gasteiger partial charge in [0.05, 0.1) is 66.9 Å². The molecule has 1 saturated heterocycles. The number of carbonyl (C=O) groups is 2. The second kappa shape index (κ2) is 16.1. The predicted molar refractivity (Wildman–Crippen MR) is 232 cm³/mol. The van der Waals surface area contributed by atoms with E-state index in [0.717, 1.165) is 4.57 Å². The molecule has 0 radical (unpaired) electrons. The Morgan fingerprint density at radius 3 is 2.26 bits per heavy atom. The van der Waals surface area contributed by atoms with Gasteiger partial charge < -0.3 is 23.9 Å². The average Bonchev–Trinajstić information content (AvgIpc) is 3.66. The number of allylic oxidation sites excluding steroid dienone is 2. The number of pyridine rings is 1. The number of hydrogen-bond acceptors (Lipinski definition) is 12. The van der Waals surface area contributed by atoms with E-state index in [9.17, 15) is 37.5 Å². The number of methoxy groups -OCH3 is 3. The van der Waals surface area contributed by atoms with Crippen molar-refractivity contribution >= 4 is 51.9 Å². The average molecular weight is 950 g/mol. The number of nitrogens with one attached hydrogen (secondary N) is 1. The van der Waals surface area contributed by atoms with E-state index in [2.05, 4.69) is 15.4 Å². The fourth-order valence-electron chi connectivity index (χ4n) is 9.64. The van der Waals surface area contributed by atoms with Crippen LogP contribution in [-0.2, 0) is 47.7 Å². The van der Waals surface area contributed by atoms with Crippen molar-refractivity contribution in [2.75, 3.05) is 26.8 Å². The molecule has 66 heavy (non-hydrogen) atoms. The smallest absolute Gasteiger partial charge is 0.417 e. The predicted octanol–water partition coefficient (Wildman–Crippen LogP) is 5.37. The maximum Gasteiger partial charge on any atom is 0.417 e. The molecule has 0 spiro atoms. The number of halogens is 5. The number of hydrogen-bond donors (Lipinski definition) is 2. The maximum atomic E-state index is 15.4. The molecule has 1 aliphatic carbocycles. The molecule has 22 heteroatoms. The van der Waals surface area contributed by atoms with Crippen LogP contribution >= 0.6 is 23.2 Å². The van der Waals surface area contributed by atoms with E-state index in [0.29, 0.717) is 61.5 Å². The van der Waals surface area contributed by atoms with Crippen molar-refractivity contribution in [1.29, 1.82) is 0 Å². The number of rotatable bonds is 10. The molecule has 2 fully saturated rings. The highest BCUT2D eigenvalue weighted by molar-refractivity contribution is 6.33. The van der Waals surface area contributed by atoms with Gasteiger partial charge in [-0.3, -0.25) is 19.8 Å². The Kier molecular flexibility index (Phi) is 10.8. The largest absolute Gasteiger partial charge is 0.504 e. The highest BCUT2D eigenvalue weighted by atomic mass is 35.5. The SMILES string of the molecule is COc1ccc([C@H]2C3=CCn4c(=O)n(CCc5nc6cc(OC)c(OC)cc6n(C)c5=O)c(=O)n4[C@@H]3C[C@H]3C(=O)N(Nc4ncc(C(F)(F)F)cc4Cl)C(=O)[C@@]23c2ccc(Cl)cc2)cc1O. The Labute approximate surface area is 380 Å². The monoisotopic (exact) mass is 948 g/mol.